The number of ether oxygens (including phenoxy) is 1. The Bertz CT molecular complexity index is 968. The fraction of sp³-hybridized carbons (Fsp3) is 0.375. The van der Waals surface area contributed by atoms with Gasteiger partial charge in [0.2, 0.25) is 0 Å². The molecule has 144 valence electrons. The van der Waals surface area contributed by atoms with Crippen molar-refractivity contribution in [3.63, 3.8) is 0 Å². The van der Waals surface area contributed by atoms with Gasteiger partial charge in [0.15, 0.2) is 0 Å². The molecule has 1 heterocycles. The summed E-state index contributed by atoms with van der Waals surface area (Å²) in [5.74, 6) is 3.42. The molecule has 0 spiro atoms. The summed E-state index contributed by atoms with van der Waals surface area (Å²) >= 11 is 3.50. The lowest BCUT2D eigenvalue weighted by Crippen LogP contribution is -2.20. The van der Waals surface area contributed by atoms with Gasteiger partial charge in [0.25, 0.3) is 0 Å². The molecule has 0 aliphatic heterocycles. The number of nitrogens with one attached hydrogen (secondary N) is 1. The van der Waals surface area contributed by atoms with Crippen LogP contribution in [0.15, 0.2) is 59.2 Å². The van der Waals surface area contributed by atoms with E-state index in [4.69, 9.17) is 4.74 Å². The number of aromatic nitrogens is 1. The van der Waals surface area contributed by atoms with Gasteiger partial charge >= 0.3 is 0 Å². The van der Waals surface area contributed by atoms with Gasteiger partial charge < -0.3 is 10.1 Å². The van der Waals surface area contributed by atoms with Crippen molar-refractivity contribution >= 4 is 26.7 Å². The van der Waals surface area contributed by atoms with E-state index in [1.54, 1.807) is 0 Å². The van der Waals surface area contributed by atoms with Crippen LogP contribution in [0.25, 0.3) is 22.0 Å². The van der Waals surface area contributed by atoms with Crippen molar-refractivity contribution in [1.29, 1.82) is 0 Å². The Labute approximate surface area is 174 Å². The van der Waals surface area contributed by atoms with Crippen LogP contribution >= 0.6 is 15.9 Å². The second-order valence-electron chi connectivity index (χ2n) is 8.22. The van der Waals surface area contributed by atoms with Crippen molar-refractivity contribution in [3.8, 4) is 17.0 Å². The summed E-state index contributed by atoms with van der Waals surface area (Å²) in [6.07, 6.45) is 6.02. The average molecular weight is 437 g/mol. The van der Waals surface area contributed by atoms with Crippen molar-refractivity contribution in [3.05, 3.63) is 59.2 Å². The Hall–Kier alpha value is -1.91. The molecular formula is C24H25BrN2O. The van der Waals surface area contributed by atoms with Gasteiger partial charge in [-0.25, -0.2) is 0 Å². The molecule has 28 heavy (non-hydrogen) atoms. The number of rotatable bonds is 8. The van der Waals surface area contributed by atoms with E-state index in [9.17, 15) is 0 Å². The molecule has 2 unspecified atom stereocenters. The first-order valence-corrected chi connectivity index (χ1v) is 11.0. The van der Waals surface area contributed by atoms with Gasteiger partial charge in [0.05, 0.1) is 12.3 Å². The van der Waals surface area contributed by atoms with E-state index >= 15 is 0 Å². The molecule has 0 saturated heterocycles. The molecule has 3 aromatic rings. The topological polar surface area (TPSA) is 34.1 Å². The predicted molar refractivity (Wildman–Crippen MR) is 118 cm³/mol. The first kappa shape index (κ1) is 18.1. The second kappa shape index (κ2) is 7.84. The Balaban J connectivity index is 1.22. The van der Waals surface area contributed by atoms with Crippen molar-refractivity contribution < 1.29 is 4.74 Å². The fourth-order valence-electron chi connectivity index (χ4n) is 3.85. The number of fused-ring (bicyclic) bond motifs is 1. The molecule has 5 rings (SSSR count). The molecule has 0 bridgehead atoms. The molecule has 3 nitrogen and oxygen atoms in total. The zero-order valence-electron chi connectivity index (χ0n) is 15.9. The molecule has 4 heteroatoms. The van der Waals surface area contributed by atoms with Crippen LogP contribution in [0.5, 0.6) is 5.75 Å². The van der Waals surface area contributed by atoms with Crippen LogP contribution < -0.4 is 10.1 Å². The minimum Gasteiger partial charge on any atom is -0.493 e. The SMILES string of the molecule is Brc1ccc(-c2nccc3cc(OCC4CC4CNCC4CC4)ccc23)cc1. The lowest BCUT2D eigenvalue weighted by molar-refractivity contribution is 0.291. The average Bonchev–Trinajstić information content (AvgIpc) is 3.64. The van der Waals surface area contributed by atoms with Crippen molar-refractivity contribution in [2.75, 3.05) is 19.7 Å². The number of pyridine rings is 1. The van der Waals surface area contributed by atoms with E-state index in [0.717, 1.165) is 51.9 Å². The van der Waals surface area contributed by atoms with Crippen LogP contribution in [0.2, 0.25) is 0 Å². The highest BCUT2D eigenvalue weighted by molar-refractivity contribution is 9.10. The second-order valence-corrected chi connectivity index (χ2v) is 9.13. The zero-order chi connectivity index (χ0) is 18.9. The molecule has 0 radical (unpaired) electrons. The van der Waals surface area contributed by atoms with Crippen molar-refractivity contribution in [2.24, 2.45) is 17.8 Å². The third-order valence-corrected chi connectivity index (χ3v) is 6.45. The monoisotopic (exact) mass is 436 g/mol. The van der Waals surface area contributed by atoms with E-state index in [1.807, 2.05) is 6.20 Å². The first-order valence-electron chi connectivity index (χ1n) is 10.2. The van der Waals surface area contributed by atoms with Crippen LogP contribution in [0.4, 0.5) is 0 Å². The Kier molecular flexibility index (Phi) is 5.08. The van der Waals surface area contributed by atoms with E-state index in [0.29, 0.717) is 5.92 Å². The fourth-order valence-corrected chi connectivity index (χ4v) is 4.11. The lowest BCUT2D eigenvalue weighted by Gasteiger charge is -2.10. The number of nitrogens with zero attached hydrogens (tertiary/aromatic N) is 1. The summed E-state index contributed by atoms with van der Waals surface area (Å²) in [4.78, 5) is 4.61. The molecule has 2 atom stereocenters. The van der Waals surface area contributed by atoms with E-state index < -0.39 is 0 Å². The maximum Gasteiger partial charge on any atom is 0.119 e. The third kappa shape index (κ3) is 4.23. The Morgan fingerprint density at radius 3 is 2.68 bits per heavy atom. The maximum absolute atomic E-state index is 6.11. The highest BCUT2D eigenvalue weighted by atomic mass is 79.9. The Morgan fingerprint density at radius 1 is 1.00 bits per heavy atom. The highest BCUT2D eigenvalue weighted by Crippen LogP contribution is 2.39. The minimum atomic E-state index is 0.707. The summed E-state index contributed by atoms with van der Waals surface area (Å²) < 4.78 is 7.19. The molecule has 2 aromatic carbocycles. The van der Waals surface area contributed by atoms with E-state index in [-0.39, 0.29) is 0 Å². The van der Waals surface area contributed by atoms with E-state index in [2.05, 4.69) is 74.8 Å². The molecule has 2 aliphatic rings. The summed E-state index contributed by atoms with van der Waals surface area (Å²) in [6, 6.07) is 16.7. The van der Waals surface area contributed by atoms with Gasteiger partial charge in [-0.15, -0.1) is 0 Å². The summed E-state index contributed by atoms with van der Waals surface area (Å²) in [5, 5.41) is 5.95. The normalized spacial score (nSPS) is 21.0. The summed E-state index contributed by atoms with van der Waals surface area (Å²) in [6.45, 7) is 3.19. The van der Waals surface area contributed by atoms with Gasteiger partial charge in [-0.3, -0.25) is 4.98 Å². The molecule has 1 aromatic heterocycles. The standard InChI is InChI=1S/C24H25BrN2O/c25-21-5-3-17(4-6-21)24-23-8-7-22(12-18(23)9-10-27-24)28-15-20-11-19(20)14-26-13-16-1-2-16/h3-10,12,16,19-20,26H,1-2,11,13-15H2. The largest absolute Gasteiger partial charge is 0.493 e. The van der Waals surface area contributed by atoms with Crippen LogP contribution in [-0.2, 0) is 0 Å². The van der Waals surface area contributed by atoms with Crippen LogP contribution in [0, 0.1) is 17.8 Å². The van der Waals surface area contributed by atoms with Gasteiger partial charge in [0, 0.05) is 21.6 Å². The van der Waals surface area contributed by atoms with E-state index in [1.165, 1.54) is 31.2 Å². The molecule has 0 amide bonds. The van der Waals surface area contributed by atoms with Gasteiger partial charge in [-0.2, -0.15) is 0 Å². The van der Waals surface area contributed by atoms with Crippen LogP contribution in [-0.4, -0.2) is 24.7 Å². The minimum absolute atomic E-state index is 0.707. The predicted octanol–water partition coefficient (Wildman–Crippen LogP) is 5.68. The summed E-state index contributed by atoms with van der Waals surface area (Å²) in [5.41, 5.74) is 2.14. The third-order valence-electron chi connectivity index (χ3n) is 5.92. The number of hydrogen-bond donors (Lipinski definition) is 1. The smallest absolute Gasteiger partial charge is 0.119 e. The molecule has 2 aliphatic carbocycles. The van der Waals surface area contributed by atoms with Crippen LogP contribution in [0.1, 0.15) is 19.3 Å². The lowest BCUT2D eigenvalue weighted by atomic mass is 10.0. The zero-order valence-corrected chi connectivity index (χ0v) is 17.5. The van der Waals surface area contributed by atoms with Crippen molar-refractivity contribution in [1.82, 2.24) is 10.3 Å². The van der Waals surface area contributed by atoms with Gasteiger partial charge in [-0.05, 0) is 91.9 Å². The number of halogens is 1. The number of hydrogen-bond acceptors (Lipinski definition) is 3. The number of benzene rings is 2. The van der Waals surface area contributed by atoms with Gasteiger partial charge in [-0.1, -0.05) is 28.1 Å². The van der Waals surface area contributed by atoms with Gasteiger partial charge in [0.1, 0.15) is 5.75 Å². The quantitative estimate of drug-likeness (QED) is 0.493. The highest BCUT2D eigenvalue weighted by Gasteiger charge is 2.37. The first-order chi connectivity index (χ1) is 13.8. The van der Waals surface area contributed by atoms with Crippen molar-refractivity contribution in [2.45, 2.75) is 19.3 Å². The Morgan fingerprint density at radius 2 is 1.86 bits per heavy atom. The van der Waals surface area contributed by atoms with Crippen LogP contribution in [0.3, 0.4) is 0 Å². The molecular weight excluding hydrogens is 412 g/mol. The molecule has 2 fully saturated rings. The molecule has 2 saturated carbocycles. The maximum atomic E-state index is 6.11. The molecule has 1 N–H and O–H groups in total. The summed E-state index contributed by atoms with van der Waals surface area (Å²) in [7, 11) is 0.